The Kier molecular flexibility index (Phi) is 2.85. The van der Waals surface area contributed by atoms with Crippen molar-refractivity contribution in [2.75, 3.05) is 13.1 Å². The molecular weight excluding hydrogens is 172 g/mol. The van der Waals surface area contributed by atoms with Gasteiger partial charge in [-0.05, 0) is 43.1 Å². The topological polar surface area (TPSA) is 38.0 Å². The SMILES string of the molecule is CC1CC1CNCC1(C)CCCC1N. The molecule has 3 N–H and O–H groups in total. The lowest BCUT2D eigenvalue weighted by Gasteiger charge is -2.29. The molecule has 4 unspecified atom stereocenters. The van der Waals surface area contributed by atoms with Crippen LogP contribution in [0.3, 0.4) is 0 Å². The van der Waals surface area contributed by atoms with Crippen LogP contribution in [0.25, 0.3) is 0 Å². The third-order valence-electron chi connectivity index (χ3n) is 4.37. The predicted molar refractivity (Wildman–Crippen MR) is 60.1 cm³/mol. The van der Waals surface area contributed by atoms with Crippen LogP contribution in [0, 0.1) is 17.3 Å². The molecule has 0 radical (unpaired) electrons. The summed E-state index contributed by atoms with van der Waals surface area (Å²) in [5.74, 6) is 1.92. The highest BCUT2D eigenvalue weighted by molar-refractivity contribution is 4.93. The van der Waals surface area contributed by atoms with Crippen molar-refractivity contribution in [3.8, 4) is 0 Å². The Morgan fingerprint density at radius 2 is 2.21 bits per heavy atom. The van der Waals surface area contributed by atoms with E-state index in [1.54, 1.807) is 0 Å². The summed E-state index contributed by atoms with van der Waals surface area (Å²) in [6.45, 7) is 7.02. The quantitative estimate of drug-likeness (QED) is 0.719. The largest absolute Gasteiger partial charge is 0.327 e. The van der Waals surface area contributed by atoms with Crippen LogP contribution in [0.15, 0.2) is 0 Å². The third kappa shape index (κ3) is 2.12. The number of hydrogen-bond donors (Lipinski definition) is 2. The Morgan fingerprint density at radius 3 is 2.71 bits per heavy atom. The molecule has 4 atom stereocenters. The van der Waals surface area contributed by atoms with E-state index in [4.69, 9.17) is 5.73 Å². The van der Waals surface area contributed by atoms with Crippen LogP contribution in [0.2, 0.25) is 0 Å². The maximum atomic E-state index is 6.13. The van der Waals surface area contributed by atoms with Crippen molar-refractivity contribution in [3.63, 3.8) is 0 Å². The first-order valence-corrected chi connectivity index (χ1v) is 6.08. The average molecular weight is 196 g/mol. The summed E-state index contributed by atoms with van der Waals surface area (Å²) in [6, 6.07) is 0.423. The third-order valence-corrected chi connectivity index (χ3v) is 4.37. The summed E-state index contributed by atoms with van der Waals surface area (Å²) >= 11 is 0. The molecule has 2 nitrogen and oxygen atoms in total. The van der Waals surface area contributed by atoms with Crippen LogP contribution in [0.5, 0.6) is 0 Å². The normalized spacial score (nSPS) is 46.9. The van der Waals surface area contributed by atoms with Crippen LogP contribution in [-0.4, -0.2) is 19.1 Å². The van der Waals surface area contributed by atoms with Gasteiger partial charge in [0.25, 0.3) is 0 Å². The molecule has 14 heavy (non-hydrogen) atoms. The molecule has 0 aromatic carbocycles. The standard InChI is InChI=1S/C12H24N2/c1-9-6-10(9)7-14-8-12(2)5-3-4-11(12)13/h9-11,14H,3-8,13H2,1-2H3. The van der Waals surface area contributed by atoms with Gasteiger partial charge in [-0.2, -0.15) is 0 Å². The fraction of sp³-hybridized carbons (Fsp3) is 1.00. The fourth-order valence-corrected chi connectivity index (χ4v) is 2.71. The zero-order valence-electron chi connectivity index (χ0n) is 9.55. The van der Waals surface area contributed by atoms with Gasteiger partial charge in [-0.15, -0.1) is 0 Å². The molecule has 2 aliphatic carbocycles. The molecule has 2 fully saturated rings. The van der Waals surface area contributed by atoms with Crippen molar-refractivity contribution in [3.05, 3.63) is 0 Å². The molecule has 0 amide bonds. The van der Waals surface area contributed by atoms with Crippen molar-refractivity contribution < 1.29 is 0 Å². The van der Waals surface area contributed by atoms with Gasteiger partial charge in [-0.3, -0.25) is 0 Å². The van der Waals surface area contributed by atoms with E-state index in [1.807, 2.05) is 0 Å². The predicted octanol–water partition coefficient (Wildman–Crippen LogP) is 1.75. The zero-order valence-corrected chi connectivity index (χ0v) is 9.55. The van der Waals surface area contributed by atoms with Crippen LogP contribution in [0.4, 0.5) is 0 Å². The van der Waals surface area contributed by atoms with E-state index >= 15 is 0 Å². The molecule has 0 heterocycles. The molecule has 0 spiro atoms. The van der Waals surface area contributed by atoms with Crippen LogP contribution < -0.4 is 11.1 Å². The van der Waals surface area contributed by atoms with Gasteiger partial charge in [-0.25, -0.2) is 0 Å². The summed E-state index contributed by atoms with van der Waals surface area (Å²) in [4.78, 5) is 0. The van der Waals surface area contributed by atoms with E-state index in [9.17, 15) is 0 Å². The summed E-state index contributed by atoms with van der Waals surface area (Å²) in [7, 11) is 0. The minimum atomic E-state index is 0.373. The molecule has 82 valence electrons. The molecule has 2 saturated carbocycles. The minimum Gasteiger partial charge on any atom is -0.327 e. The second kappa shape index (κ2) is 3.82. The highest BCUT2D eigenvalue weighted by Crippen LogP contribution is 2.38. The van der Waals surface area contributed by atoms with Gasteiger partial charge in [0.2, 0.25) is 0 Å². The monoisotopic (exact) mass is 196 g/mol. The Labute approximate surface area is 87.6 Å². The Bertz CT molecular complexity index is 204. The Morgan fingerprint density at radius 1 is 1.50 bits per heavy atom. The lowest BCUT2D eigenvalue weighted by Crippen LogP contribution is -2.42. The number of rotatable bonds is 4. The van der Waals surface area contributed by atoms with Gasteiger partial charge in [0.1, 0.15) is 0 Å². The van der Waals surface area contributed by atoms with Gasteiger partial charge in [0.15, 0.2) is 0 Å². The van der Waals surface area contributed by atoms with Gasteiger partial charge >= 0.3 is 0 Å². The summed E-state index contributed by atoms with van der Waals surface area (Å²) in [5.41, 5.74) is 6.51. The van der Waals surface area contributed by atoms with Gasteiger partial charge in [0, 0.05) is 12.6 Å². The van der Waals surface area contributed by atoms with E-state index < -0.39 is 0 Å². The van der Waals surface area contributed by atoms with Crippen molar-refractivity contribution in [2.45, 2.75) is 45.6 Å². The molecule has 0 aromatic heterocycles. The van der Waals surface area contributed by atoms with Gasteiger partial charge in [0.05, 0.1) is 0 Å². The lowest BCUT2D eigenvalue weighted by molar-refractivity contribution is 0.276. The summed E-state index contributed by atoms with van der Waals surface area (Å²) in [6.07, 6.45) is 5.27. The van der Waals surface area contributed by atoms with Crippen molar-refractivity contribution >= 4 is 0 Å². The summed E-state index contributed by atoms with van der Waals surface area (Å²) in [5, 5.41) is 3.61. The number of nitrogens with one attached hydrogen (secondary N) is 1. The van der Waals surface area contributed by atoms with Gasteiger partial charge < -0.3 is 11.1 Å². The van der Waals surface area contributed by atoms with Crippen LogP contribution in [-0.2, 0) is 0 Å². The zero-order chi connectivity index (χ0) is 10.2. The van der Waals surface area contributed by atoms with E-state index in [1.165, 1.54) is 32.2 Å². The van der Waals surface area contributed by atoms with Crippen LogP contribution in [0.1, 0.15) is 39.5 Å². The Hall–Kier alpha value is -0.0800. The van der Waals surface area contributed by atoms with Crippen molar-refractivity contribution in [2.24, 2.45) is 23.0 Å². The highest BCUT2D eigenvalue weighted by Gasteiger charge is 2.37. The second-order valence-corrected chi connectivity index (χ2v) is 5.76. The minimum absolute atomic E-state index is 0.373. The van der Waals surface area contributed by atoms with E-state index in [2.05, 4.69) is 19.2 Å². The Balaban J connectivity index is 1.68. The van der Waals surface area contributed by atoms with Crippen LogP contribution >= 0.6 is 0 Å². The molecular formula is C12H24N2. The van der Waals surface area contributed by atoms with E-state index in [0.717, 1.165) is 18.4 Å². The number of nitrogens with two attached hydrogens (primary N) is 1. The number of hydrogen-bond acceptors (Lipinski definition) is 2. The molecule has 0 aliphatic heterocycles. The van der Waals surface area contributed by atoms with E-state index in [-0.39, 0.29) is 0 Å². The molecule has 0 aromatic rings. The van der Waals surface area contributed by atoms with E-state index in [0.29, 0.717) is 11.5 Å². The molecule has 0 bridgehead atoms. The highest BCUT2D eigenvalue weighted by atomic mass is 14.9. The molecule has 2 aliphatic rings. The first-order valence-electron chi connectivity index (χ1n) is 6.08. The molecule has 2 heteroatoms. The fourth-order valence-electron chi connectivity index (χ4n) is 2.71. The smallest absolute Gasteiger partial charge is 0.0105 e. The summed E-state index contributed by atoms with van der Waals surface area (Å²) < 4.78 is 0. The lowest BCUT2D eigenvalue weighted by atomic mass is 9.85. The maximum absolute atomic E-state index is 6.13. The van der Waals surface area contributed by atoms with Gasteiger partial charge in [-0.1, -0.05) is 20.3 Å². The van der Waals surface area contributed by atoms with Crippen molar-refractivity contribution in [1.82, 2.24) is 5.32 Å². The average Bonchev–Trinajstić information content (AvgIpc) is 2.71. The maximum Gasteiger partial charge on any atom is 0.0105 e. The first kappa shape index (κ1) is 10.4. The molecule has 0 saturated heterocycles. The van der Waals surface area contributed by atoms with Crippen molar-refractivity contribution in [1.29, 1.82) is 0 Å². The second-order valence-electron chi connectivity index (χ2n) is 5.76. The first-order chi connectivity index (χ1) is 6.62. The molecule has 2 rings (SSSR count).